The molecule has 0 bridgehead atoms. The zero-order chi connectivity index (χ0) is 11.0. The van der Waals surface area contributed by atoms with Crippen LogP contribution in [0.15, 0.2) is 30.3 Å². The van der Waals surface area contributed by atoms with Gasteiger partial charge in [-0.3, -0.25) is 4.57 Å². The van der Waals surface area contributed by atoms with Gasteiger partial charge in [-0.05, 0) is 25.0 Å². The average molecular weight is 236 g/mol. The maximum Gasteiger partial charge on any atom is 0.241 e. The fraction of sp³-hybridized carbons (Fsp3) is 0.500. The Balaban J connectivity index is 1.88. The highest BCUT2D eigenvalue weighted by Crippen LogP contribution is 2.44. The van der Waals surface area contributed by atoms with Crippen LogP contribution in [0.2, 0.25) is 0 Å². The zero-order valence-electron chi connectivity index (χ0n) is 9.23. The van der Waals surface area contributed by atoms with E-state index in [1.165, 1.54) is 12.8 Å². The van der Waals surface area contributed by atoms with Crippen molar-refractivity contribution in [2.45, 2.75) is 37.8 Å². The molecule has 0 radical (unpaired) electrons. The lowest BCUT2D eigenvalue weighted by molar-refractivity contribution is 0.374. The van der Waals surface area contributed by atoms with Gasteiger partial charge in [-0.2, -0.15) is 0 Å². The van der Waals surface area contributed by atoms with Gasteiger partial charge in [0.2, 0.25) is 7.44 Å². The topological polar surface area (TPSA) is 41.1 Å². The van der Waals surface area contributed by atoms with Gasteiger partial charge in [-0.1, -0.05) is 31.0 Å². The van der Waals surface area contributed by atoms with Crippen LogP contribution in [0.1, 0.15) is 25.7 Å². The van der Waals surface area contributed by atoms with Gasteiger partial charge >= 0.3 is 0 Å². The minimum atomic E-state index is -2.53. The van der Waals surface area contributed by atoms with Crippen molar-refractivity contribution >= 4 is 12.7 Å². The largest absolute Gasteiger partial charge is 0.284 e. The molecule has 1 saturated heterocycles. The standard InChI is InChI=1S/C12H17N2OP/c15-16(10-6-2-1-3-7-10)13-11-8-4-5-9-12(11)14-16/h1-3,6-7,11-12H,4-5,8-9H2,(H2,13,14,15). The van der Waals surface area contributed by atoms with E-state index >= 15 is 0 Å². The molecular formula is C12H17N2OP. The van der Waals surface area contributed by atoms with Gasteiger partial charge in [0.25, 0.3) is 0 Å². The Morgan fingerprint density at radius 3 is 2.12 bits per heavy atom. The summed E-state index contributed by atoms with van der Waals surface area (Å²) in [6, 6.07) is 10.5. The maximum atomic E-state index is 12.8. The van der Waals surface area contributed by atoms with Crippen LogP contribution in [0.4, 0.5) is 0 Å². The summed E-state index contributed by atoms with van der Waals surface area (Å²) in [5.41, 5.74) is 0. The lowest BCUT2D eigenvalue weighted by atomic mass is 9.92. The predicted octanol–water partition coefficient (Wildman–Crippen LogP) is 2.01. The third-order valence-corrected chi connectivity index (χ3v) is 6.00. The maximum absolute atomic E-state index is 12.8. The summed E-state index contributed by atoms with van der Waals surface area (Å²) in [5.74, 6) is 0. The van der Waals surface area contributed by atoms with Crippen LogP contribution in [0, 0.1) is 0 Å². The quantitative estimate of drug-likeness (QED) is 0.733. The second-order valence-electron chi connectivity index (χ2n) is 4.70. The number of nitrogens with one attached hydrogen (secondary N) is 2. The molecule has 0 aromatic heterocycles. The SMILES string of the molecule is O=P1(c2ccccc2)NC2CCCCC2N1. The van der Waals surface area contributed by atoms with E-state index in [2.05, 4.69) is 10.2 Å². The van der Waals surface area contributed by atoms with Crippen molar-refractivity contribution in [3.8, 4) is 0 Å². The minimum Gasteiger partial charge on any atom is -0.284 e. The molecule has 2 N–H and O–H groups in total. The molecule has 2 fully saturated rings. The summed E-state index contributed by atoms with van der Waals surface area (Å²) in [6.45, 7) is 0. The second-order valence-corrected chi connectivity index (χ2v) is 6.95. The summed E-state index contributed by atoms with van der Waals surface area (Å²) in [6.07, 6.45) is 4.80. The van der Waals surface area contributed by atoms with Crippen LogP contribution in [0.5, 0.6) is 0 Å². The highest BCUT2D eigenvalue weighted by Gasteiger charge is 2.42. The Morgan fingerprint density at radius 2 is 1.56 bits per heavy atom. The van der Waals surface area contributed by atoms with Crippen molar-refractivity contribution in [2.24, 2.45) is 0 Å². The van der Waals surface area contributed by atoms with Crippen LogP contribution in [-0.4, -0.2) is 12.1 Å². The fourth-order valence-electron chi connectivity index (χ4n) is 2.73. The van der Waals surface area contributed by atoms with Gasteiger partial charge in [-0.25, -0.2) is 10.2 Å². The van der Waals surface area contributed by atoms with Crippen LogP contribution in [0.25, 0.3) is 0 Å². The molecule has 0 spiro atoms. The first-order valence-electron chi connectivity index (χ1n) is 5.99. The van der Waals surface area contributed by atoms with E-state index in [9.17, 15) is 4.57 Å². The number of benzene rings is 1. The molecule has 2 aliphatic rings. The zero-order valence-corrected chi connectivity index (χ0v) is 10.1. The molecule has 3 rings (SSSR count). The van der Waals surface area contributed by atoms with Crippen molar-refractivity contribution in [1.29, 1.82) is 0 Å². The minimum absolute atomic E-state index is 0.403. The Bertz CT molecular complexity index is 402. The molecule has 2 atom stereocenters. The van der Waals surface area contributed by atoms with E-state index in [1.807, 2.05) is 30.3 Å². The third-order valence-electron chi connectivity index (χ3n) is 3.58. The molecular weight excluding hydrogens is 219 g/mol. The molecule has 1 heterocycles. The summed E-state index contributed by atoms with van der Waals surface area (Å²) in [7, 11) is -2.53. The lowest BCUT2D eigenvalue weighted by Gasteiger charge is -2.22. The first-order chi connectivity index (χ1) is 7.78. The molecule has 1 aromatic carbocycles. The molecule has 16 heavy (non-hydrogen) atoms. The second kappa shape index (κ2) is 3.99. The monoisotopic (exact) mass is 236 g/mol. The van der Waals surface area contributed by atoms with E-state index in [4.69, 9.17) is 0 Å². The summed E-state index contributed by atoms with van der Waals surface area (Å²) < 4.78 is 12.8. The third kappa shape index (κ3) is 1.73. The van der Waals surface area contributed by atoms with Gasteiger partial charge in [0.05, 0.1) is 0 Å². The van der Waals surface area contributed by atoms with Crippen molar-refractivity contribution in [2.75, 3.05) is 0 Å². The molecule has 3 nitrogen and oxygen atoms in total. The van der Waals surface area contributed by atoms with Crippen molar-refractivity contribution in [1.82, 2.24) is 10.2 Å². The van der Waals surface area contributed by atoms with Gasteiger partial charge < -0.3 is 0 Å². The molecule has 0 amide bonds. The van der Waals surface area contributed by atoms with Gasteiger partial charge in [0.1, 0.15) is 0 Å². The first-order valence-corrected chi connectivity index (χ1v) is 7.70. The fourth-order valence-corrected chi connectivity index (χ4v) is 5.25. The van der Waals surface area contributed by atoms with Gasteiger partial charge in [0.15, 0.2) is 0 Å². The van der Waals surface area contributed by atoms with Crippen molar-refractivity contribution in [3.63, 3.8) is 0 Å². The summed E-state index contributed by atoms with van der Waals surface area (Å²) in [4.78, 5) is 0. The summed E-state index contributed by atoms with van der Waals surface area (Å²) in [5, 5.41) is 7.57. The Hall–Kier alpha value is -0.630. The average Bonchev–Trinajstić information content (AvgIpc) is 2.68. The summed E-state index contributed by atoms with van der Waals surface area (Å²) >= 11 is 0. The highest BCUT2D eigenvalue weighted by atomic mass is 31.2. The van der Waals surface area contributed by atoms with E-state index in [0.717, 1.165) is 18.1 Å². The van der Waals surface area contributed by atoms with E-state index < -0.39 is 7.44 Å². The van der Waals surface area contributed by atoms with Crippen LogP contribution in [0.3, 0.4) is 0 Å². The molecule has 4 heteroatoms. The smallest absolute Gasteiger partial charge is 0.241 e. The van der Waals surface area contributed by atoms with Crippen LogP contribution in [-0.2, 0) is 4.57 Å². The number of rotatable bonds is 1. The van der Waals surface area contributed by atoms with E-state index in [0.29, 0.717) is 12.1 Å². The first kappa shape index (κ1) is 10.5. The molecule has 1 saturated carbocycles. The molecule has 2 unspecified atom stereocenters. The Labute approximate surface area is 96.1 Å². The Kier molecular flexibility index (Phi) is 2.62. The van der Waals surface area contributed by atoms with Crippen LogP contribution < -0.4 is 15.5 Å². The molecule has 1 aliphatic heterocycles. The molecule has 1 aromatic rings. The Morgan fingerprint density at radius 1 is 1.00 bits per heavy atom. The molecule has 86 valence electrons. The normalized spacial score (nSPS) is 38.2. The van der Waals surface area contributed by atoms with Crippen molar-refractivity contribution < 1.29 is 4.57 Å². The highest BCUT2D eigenvalue weighted by molar-refractivity contribution is 7.68. The van der Waals surface area contributed by atoms with E-state index in [-0.39, 0.29) is 0 Å². The van der Waals surface area contributed by atoms with Crippen LogP contribution >= 0.6 is 7.44 Å². The molecule has 1 aliphatic carbocycles. The lowest BCUT2D eigenvalue weighted by Crippen LogP contribution is -2.36. The van der Waals surface area contributed by atoms with Gasteiger partial charge in [0, 0.05) is 17.4 Å². The van der Waals surface area contributed by atoms with E-state index in [1.54, 1.807) is 0 Å². The number of fused-ring (bicyclic) bond motifs is 1. The van der Waals surface area contributed by atoms with Crippen molar-refractivity contribution in [3.05, 3.63) is 30.3 Å². The number of hydrogen-bond acceptors (Lipinski definition) is 1. The van der Waals surface area contributed by atoms with Gasteiger partial charge in [-0.15, -0.1) is 0 Å². The number of hydrogen-bond donors (Lipinski definition) is 2. The predicted molar refractivity (Wildman–Crippen MR) is 66.0 cm³/mol.